The van der Waals surface area contributed by atoms with Gasteiger partial charge in [0, 0.05) is 19.3 Å². The Labute approximate surface area is 170 Å². The van der Waals surface area contributed by atoms with E-state index in [0.29, 0.717) is 24.0 Å². The van der Waals surface area contributed by atoms with Crippen molar-refractivity contribution in [3.63, 3.8) is 0 Å². The van der Waals surface area contributed by atoms with Gasteiger partial charge in [-0.15, -0.1) is 10.2 Å². The number of hydrogen-bond donors (Lipinski definition) is 3. The van der Waals surface area contributed by atoms with Gasteiger partial charge in [0.05, 0.1) is 5.75 Å². The van der Waals surface area contributed by atoms with Gasteiger partial charge in [-0.05, 0) is 43.2 Å². The Kier molecular flexibility index (Phi) is 6.73. The van der Waals surface area contributed by atoms with Gasteiger partial charge in [-0.1, -0.05) is 35.9 Å². The van der Waals surface area contributed by atoms with E-state index in [0.717, 1.165) is 16.7 Å². The predicted octanol–water partition coefficient (Wildman–Crippen LogP) is 2.76. The lowest BCUT2D eigenvalue weighted by atomic mass is 10.2. The van der Waals surface area contributed by atoms with Crippen LogP contribution in [0, 0.1) is 13.8 Å². The Bertz CT molecular complexity index is 1040. The Morgan fingerprint density at radius 3 is 2.31 bits per heavy atom. The van der Waals surface area contributed by atoms with Crippen LogP contribution in [0.4, 0.5) is 17.5 Å². The zero-order valence-electron chi connectivity index (χ0n) is 16.4. The highest BCUT2D eigenvalue weighted by molar-refractivity contribution is 7.88. The lowest BCUT2D eigenvalue weighted by molar-refractivity contribution is 0.582. The van der Waals surface area contributed by atoms with E-state index in [1.54, 1.807) is 18.3 Å². The largest absolute Gasteiger partial charge is 0.367 e. The van der Waals surface area contributed by atoms with E-state index in [9.17, 15) is 8.42 Å². The summed E-state index contributed by atoms with van der Waals surface area (Å²) in [6.45, 7) is 4.56. The second kappa shape index (κ2) is 9.44. The van der Waals surface area contributed by atoms with Gasteiger partial charge >= 0.3 is 0 Å². The minimum Gasteiger partial charge on any atom is -0.367 e. The zero-order valence-corrected chi connectivity index (χ0v) is 17.2. The van der Waals surface area contributed by atoms with Gasteiger partial charge in [-0.25, -0.2) is 18.1 Å². The van der Waals surface area contributed by atoms with Gasteiger partial charge in [0.15, 0.2) is 5.82 Å². The third kappa shape index (κ3) is 6.81. The number of nitrogens with zero attached hydrogens (tertiary/aromatic N) is 3. The number of aryl methyl sites for hydroxylation is 2. The summed E-state index contributed by atoms with van der Waals surface area (Å²) in [6, 6.07) is 14.8. The maximum Gasteiger partial charge on any atom is 0.215 e. The first kappa shape index (κ1) is 20.7. The number of sulfonamides is 1. The molecule has 0 amide bonds. The molecule has 0 bridgehead atoms. The van der Waals surface area contributed by atoms with E-state index in [4.69, 9.17) is 0 Å². The second-order valence-corrected chi connectivity index (χ2v) is 8.53. The predicted molar refractivity (Wildman–Crippen MR) is 115 cm³/mol. The molecule has 0 radical (unpaired) electrons. The number of benzene rings is 1. The van der Waals surface area contributed by atoms with Gasteiger partial charge in [-0.3, -0.25) is 0 Å². The van der Waals surface area contributed by atoms with Crippen molar-refractivity contribution in [3.8, 4) is 0 Å². The van der Waals surface area contributed by atoms with E-state index in [-0.39, 0.29) is 12.3 Å². The Morgan fingerprint density at radius 2 is 1.62 bits per heavy atom. The maximum atomic E-state index is 12.2. The van der Waals surface area contributed by atoms with Gasteiger partial charge < -0.3 is 10.6 Å². The first-order chi connectivity index (χ1) is 13.9. The van der Waals surface area contributed by atoms with Gasteiger partial charge in [-0.2, -0.15) is 0 Å². The fourth-order valence-corrected chi connectivity index (χ4v) is 3.77. The van der Waals surface area contributed by atoms with Crippen LogP contribution in [0.25, 0.3) is 0 Å². The van der Waals surface area contributed by atoms with Crippen molar-refractivity contribution in [1.29, 1.82) is 0 Å². The van der Waals surface area contributed by atoms with Gasteiger partial charge in [0.1, 0.15) is 11.6 Å². The molecule has 9 heteroatoms. The highest BCUT2D eigenvalue weighted by Gasteiger charge is 2.11. The summed E-state index contributed by atoms with van der Waals surface area (Å²) in [6.07, 6.45) is 1.77. The molecular weight excluding hydrogens is 388 g/mol. The molecule has 2 aromatic heterocycles. The lowest BCUT2D eigenvalue weighted by Crippen LogP contribution is -2.30. The van der Waals surface area contributed by atoms with E-state index in [2.05, 4.69) is 30.5 Å². The zero-order chi connectivity index (χ0) is 20.7. The molecule has 1 aromatic carbocycles. The highest BCUT2D eigenvalue weighted by Crippen LogP contribution is 2.12. The number of pyridine rings is 1. The molecule has 0 aliphatic carbocycles. The molecular formula is C20H24N6O2S. The third-order valence-electron chi connectivity index (χ3n) is 4.02. The molecule has 2 heterocycles. The molecule has 3 N–H and O–H groups in total. The van der Waals surface area contributed by atoms with Crippen LogP contribution in [0.15, 0.2) is 54.7 Å². The minimum atomic E-state index is -3.39. The number of hydrogen-bond acceptors (Lipinski definition) is 7. The smallest absolute Gasteiger partial charge is 0.215 e. The Balaban J connectivity index is 1.43. The average Bonchev–Trinajstić information content (AvgIpc) is 2.68. The molecule has 0 saturated heterocycles. The fourth-order valence-electron chi connectivity index (χ4n) is 2.64. The number of anilines is 3. The quantitative estimate of drug-likeness (QED) is 0.464. The van der Waals surface area contributed by atoms with Crippen LogP contribution in [-0.4, -0.2) is 36.7 Å². The Morgan fingerprint density at radius 1 is 0.862 bits per heavy atom. The molecule has 3 aromatic rings. The van der Waals surface area contributed by atoms with Crippen molar-refractivity contribution in [1.82, 2.24) is 19.9 Å². The van der Waals surface area contributed by atoms with Crippen LogP contribution in [0.2, 0.25) is 0 Å². The monoisotopic (exact) mass is 412 g/mol. The summed E-state index contributed by atoms with van der Waals surface area (Å²) in [5.41, 5.74) is 2.88. The van der Waals surface area contributed by atoms with Crippen molar-refractivity contribution in [2.45, 2.75) is 19.6 Å². The van der Waals surface area contributed by atoms with Crippen molar-refractivity contribution < 1.29 is 8.42 Å². The molecule has 3 rings (SSSR count). The van der Waals surface area contributed by atoms with Crippen LogP contribution in [0.3, 0.4) is 0 Å². The van der Waals surface area contributed by atoms with Crippen molar-refractivity contribution in [2.75, 3.05) is 23.7 Å². The summed E-state index contributed by atoms with van der Waals surface area (Å²) in [5, 5.41) is 14.3. The van der Waals surface area contributed by atoms with Crippen molar-refractivity contribution in [3.05, 3.63) is 71.4 Å². The van der Waals surface area contributed by atoms with Crippen LogP contribution in [-0.2, 0) is 15.8 Å². The first-order valence-corrected chi connectivity index (χ1v) is 10.8. The van der Waals surface area contributed by atoms with Crippen LogP contribution >= 0.6 is 0 Å². The number of nitrogens with one attached hydrogen (secondary N) is 3. The van der Waals surface area contributed by atoms with E-state index < -0.39 is 10.0 Å². The molecule has 152 valence electrons. The van der Waals surface area contributed by atoms with E-state index in [1.165, 1.54) is 0 Å². The molecule has 0 aliphatic rings. The van der Waals surface area contributed by atoms with Crippen LogP contribution < -0.4 is 15.4 Å². The van der Waals surface area contributed by atoms with Crippen molar-refractivity contribution >= 4 is 27.5 Å². The second-order valence-electron chi connectivity index (χ2n) is 6.72. The molecule has 0 atom stereocenters. The van der Waals surface area contributed by atoms with Crippen molar-refractivity contribution in [2.24, 2.45) is 0 Å². The topological polar surface area (TPSA) is 109 Å². The maximum absolute atomic E-state index is 12.2. The summed E-state index contributed by atoms with van der Waals surface area (Å²) in [4.78, 5) is 4.25. The molecule has 0 saturated carbocycles. The molecule has 29 heavy (non-hydrogen) atoms. The van der Waals surface area contributed by atoms with E-state index >= 15 is 0 Å². The normalized spacial score (nSPS) is 11.2. The minimum absolute atomic E-state index is 0.0398. The Hall–Kier alpha value is -3.04. The SMILES string of the molecule is Cc1ccc(Nc2ccc(NCCNS(=O)(=O)Cc3cccc(C)c3)nn2)nc1. The average molecular weight is 413 g/mol. The first-order valence-electron chi connectivity index (χ1n) is 9.20. The summed E-state index contributed by atoms with van der Waals surface area (Å²) < 4.78 is 26.9. The molecule has 0 aliphatic heterocycles. The summed E-state index contributed by atoms with van der Waals surface area (Å²) in [5.74, 6) is 1.78. The number of aromatic nitrogens is 3. The molecule has 8 nitrogen and oxygen atoms in total. The standard InChI is InChI=1S/C20H24N6O2S/c1-15-4-3-5-17(12-15)14-29(27,28)23-11-10-21-19-8-9-20(26-25-19)24-18-7-6-16(2)13-22-18/h3-9,12-13,23H,10-11,14H2,1-2H3,(H,21,25)(H,22,24,26). The molecule has 0 fully saturated rings. The molecule has 0 spiro atoms. The lowest BCUT2D eigenvalue weighted by Gasteiger charge is -2.09. The number of rotatable bonds is 9. The van der Waals surface area contributed by atoms with E-state index in [1.807, 2.05) is 50.2 Å². The fraction of sp³-hybridized carbons (Fsp3) is 0.250. The van der Waals surface area contributed by atoms with Crippen LogP contribution in [0.1, 0.15) is 16.7 Å². The highest BCUT2D eigenvalue weighted by atomic mass is 32.2. The van der Waals surface area contributed by atoms with Crippen LogP contribution in [0.5, 0.6) is 0 Å². The summed E-state index contributed by atoms with van der Waals surface area (Å²) >= 11 is 0. The van der Waals surface area contributed by atoms with Gasteiger partial charge in [0.25, 0.3) is 0 Å². The third-order valence-corrected chi connectivity index (χ3v) is 5.38. The van der Waals surface area contributed by atoms with Gasteiger partial charge in [0.2, 0.25) is 10.0 Å². The summed E-state index contributed by atoms with van der Waals surface area (Å²) in [7, 11) is -3.39. The molecule has 0 unspecified atom stereocenters.